The highest BCUT2D eigenvalue weighted by atomic mass is 19.1. The number of carbonyl (C=O) groups excluding carboxylic acids is 1. The topological polar surface area (TPSA) is 64.9 Å². The molecule has 122 valence electrons. The lowest BCUT2D eigenvalue weighted by Gasteiger charge is -2.10. The minimum absolute atomic E-state index is 0.0488. The summed E-state index contributed by atoms with van der Waals surface area (Å²) in [5, 5.41) is 14.8. The van der Waals surface area contributed by atoms with Crippen LogP contribution in [0.5, 0.6) is 0 Å². The van der Waals surface area contributed by atoms with Crippen LogP contribution < -0.4 is 10.6 Å². The quantitative estimate of drug-likeness (QED) is 0.653. The fraction of sp³-hybridized carbons (Fsp3) is 0.158. The van der Waals surface area contributed by atoms with Crippen molar-refractivity contribution in [3.05, 3.63) is 76.7 Å². The third-order valence-electron chi connectivity index (χ3n) is 3.66. The molecule has 0 saturated carbocycles. The zero-order valence-corrected chi connectivity index (χ0v) is 13.6. The van der Waals surface area contributed by atoms with Gasteiger partial charge in [0.25, 0.3) is 5.91 Å². The molecule has 4 nitrogen and oxygen atoms in total. The molecule has 0 spiro atoms. The lowest BCUT2D eigenvalue weighted by Crippen LogP contribution is -2.17. The maximum Gasteiger partial charge on any atom is 0.267 e. The largest absolute Gasteiger partial charge is 0.386 e. The van der Waals surface area contributed by atoms with Gasteiger partial charge in [-0.15, -0.1) is 0 Å². The van der Waals surface area contributed by atoms with E-state index in [4.69, 9.17) is 5.26 Å². The van der Waals surface area contributed by atoms with Crippen molar-refractivity contribution in [2.24, 2.45) is 0 Å². The molecule has 2 aromatic rings. The third-order valence-corrected chi connectivity index (χ3v) is 3.66. The van der Waals surface area contributed by atoms with Crippen molar-refractivity contribution >= 4 is 11.6 Å². The van der Waals surface area contributed by atoms with E-state index in [-0.39, 0.29) is 11.4 Å². The molecule has 0 radical (unpaired) electrons. The average Bonchev–Trinajstić information content (AvgIpc) is 2.56. The summed E-state index contributed by atoms with van der Waals surface area (Å²) in [4.78, 5) is 12.2. The van der Waals surface area contributed by atoms with E-state index in [1.165, 1.54) is 18.3 Å². The number of carbonyl (C=O) groups is 1. The number of hydrogen-bond acceptors (Lipinski definition) is 3. The number of nitrogens with one attached hydrogen (secondary N) is 2. The van der Waals surface area contributed by atoms with Gasteiger partial charge in [0.1, 0.15) is 17.5 Å². The van der Waals surface area contributed by atoms with Crippen LogP contribution in [0.3, 0.4) is 0 Å². The second-order valence-corrected chi connectivity index (χ2v) is 5.38. The Balaban J connectivity index is 2.03. The summed E-state index contributed by atoms with van der Waals surface area (Å²) in [5.41, 5.74) is 3.35. The molecular weight excluding hydrogens is 305 g/mol. The molecule has 0 unspecified atom stereocenters. The number of nitrogens with zero attached hydrogens (tertiary/aromatic N) is 1. The average molecular weight is 323 g/mol. The lowest BCUT2D eigenvalue weighted by atomic mass is 10.1. The van der Waals surface area contributed by atoms with Crippen molar-refractivity contribution in [2.75, 3.05) is 5.32 Å². The van der Waals surface area contributed by atoms with Gasteiger partial charge in [-0.25, -0.2) is 4.39 Å². The van der Waals surface area contributed by atoms with Gasteiger partial charge in [0.15, 0.2) is 0 Å². The number of aryl methyl sites for hydroxylation is 1. The zero-order valence-electron chi connectivity index (χ0n) is 13.6. The van der Waals surface area contributed by atoms with Crippen molar-refractivity contribution in [2.45, 2.75) is 20.4 Å². The van der Waals surface area contributed by atoms with Gasteiger partial charge in [-0.2, -0.15) is 5.26 Å². The Kier molecular flexibility index (Phi) is 5.69. The highest BCUT2D eigenvalue weighted by Crippen LogP contribution is 2.18. The van der Waals surface area contributed by atoms with E-state index in [0.29, 0.717) is 12.2 Å². The van der Waals surface area contributed by atoms with Crippen LogP contribution in [0.4, 0.5) is 10.1 Å². The zero-order chi connectivity index (χ0) is 17.5. The summed E-state index contributed by atoms with van der Waals surface area (Å²) in [6.45, 7) is 4.18. The molecule has 24 heavy (non-hydrogen) atoms. The monoisotopic (exact) mass is 323 g/mol. The first-order valence-corrected chi connectivity index (χ1v) is 7.47. The molecule has 1 amide bonds. The summed E-state index contributed by atoms with van der Waals surface area (Å²) in [5.74, 6) is -0.815. The minimum Gasteiger partial charge on any atom is -0.386 e. The third kappa shape index (κ3) is 4.43. The number of anilines is 1. The number of halogens is 1. The van der Waals surface area contributed by atoms with Gasteiger partial charge >= 0.3 is 0 Å². The first kappa shape index (κ1) is 17.2. The fourth-order valence-electron chi connectivity index (χ4n) is 2.14. The maximum absolute atomic E-state index is 13.1. The minimum atomic E-state index is -0.488. The highest BCUT2D eigenvalue weighted by molar-refractivity contribution is 6.06. The van der Waals surface area contributed by atoms with Gasteiger partial charge in [-0.1, -0.05) is 24.3 Å². The lowest BCUT2D eigenvalue weighted by molar-refractivity contribution is -0.112. The SMILES string of the molecule is Cc1cccc(NC(=O)/C(C#N)=C\NCc2cccc(F)c2)c1C. The molecule has 0 aliphatic heterocycles. The maximum atomic E-state index is 13.1. The Morgan fingerprint density at radius 1 is 1.25 bits per heavy atom. The van der Waals surface area contributed by atoms with Gasteiger partial charge in [0, 0.05) is 18.4 Å². The molecule has 0 heterocycles. The normalized spacial score (nSPS) is 10.8. The molecule has 0 aliphatic rings. The summed E-state index contributed by atoms with van der Waals surface area (Å²) in [6, 6.07) is 13.6. The van der Waals surface area contributed by atoms with Crippen molar-refractivity contribution in [1.29, 1.82) is 5.26 Å². The van der Waals surface area contributed by atoms with Crippen LogP contribution in [-0.4, -0.2) is 5.91 Å². The van der Waals surface area contributed by atoms with Gasteiger partial charge in [0.05, 0.1) is 0 Å². The fourth-order valence-corrected chi connectivity index (χ4v) is 2.14. The Hall–Kier alpha value is -3.13. The second kappa shape index (κ2) is 7.93. The van der Waals surface area contributed by atoms with Crippen LogP contribution in [0.2, 0.25) is 0 Å². The van der Waals surface area contributed by atoms with Gasteiger partial charge in [0.2, 0.25) is 0 Å². The van der Waals surface area contributed by atoms with E-state index in [9.17, 15) is 9.18 Å². The smallest absolute Gasteiger partial charge is 0.267 e. The van der Waals surface area contributed by atoms with Gasteiger partial charge in [-0.3, -0.25) is 4.79 Å². The molecule has 2 aromatic carbocycles. The standard InChI is InChI=1S/C19H18FN3O/c1-13-5-3-8-18(14(13)2)23-19(24)16(10-21)12-22-11-15-6-4-7-17(20)9-15/h3-9,12,22H,11H2,1-2H3,(H,23,24)/b16-12-. The molecule has 0 saturated heterocycles. The van der Waals surface area contributed by atoms with E-state index in [1.54, 1.807) is 18.2 Å². The van der Waals surface area contributed by atoms with Crippen molar-refractivity contribution in [3.63, 3.8) is 0 Å². The Morgan fingerprint density at radius 3 is 2.71 bits per heavy atom. The summed E-state index contributed by atoms with van der Waals surface area (Å²) in [7, 11) is 0. The predicted octanol–water partition coefficient (Wildman–Crippen LogP) is 3.58. The predicted molar refractivity (Wildman–Crippen MR) is 91.5 cm³/mol. The number of amides is 1. The van der Waals surface area contributed by atoms with Crippen molar-refractivity contribution < 1.29 is 9.18 Å². The van der Waals surface area contributed by atoms with Gasteiger partial charge in [-0.05, 0) is 48.7 Å². The van der Waals surface area contributed by atoms with Crippen molar-refractivity contribution in [1.82, 2.24) is 5.32 Å². The molecule has 0 bridgehead atoms. The van der Waals surface area contributed by atoms with E-state index in [1.807, 2.05) is 32.0 Å². The van der Waals surface area contributed by atoms with E-state index < -0.39 is 5.91 Å². The van der Waals surface area contributed by atoms with Crippen LogP contribution in [0.15, 0.2) is 54.2 Å². The summed E-state index contributed by atoms with van der Waals surface area (Å²) in [6.07, 6.45) is 1.34. The second-order valence-electron chi connectivity index (χ2n) is 5.38. The van der Waals surface area contributed by atoms with E-state index >= 15 is 0 Å². The van der Waals surface area contributed by atoms with Crippen LogP contribution in [0, 0.1) is 31.0 Å². The molecule has 0 fully saturated rings. The Bertz CT molecular complexity index is 822. The Labute approximate surface area is 140 Å². The number of hydrogen-bond donors (Lipinski definition) is 2. The van der Waals surface area contributed by atoms with Crippen LogP contribution >= 0.6 is 0 Å². The molecule has 0 atom stereocenters. The molecule has 0 aliphatic carbocycles. The number of benzene rings is 2. The summed E-state index contributed by atoms with van der Waals surface area (Å²) >= 11 is 0. The van der Waals surface area contributed by atoms with E-state index in [0.717, 1.165) is 16.7 Å². The number of rotatable bonds is 5. The van der Waals surface area contributed by atoms with Crippen molar-refractivity contribution in [3.8, 4) is 6.07 Å². The molecule has 2 rings (SSSR count). The summed E-state index contributed by atoms with van der Waals surface area (Å²) < 4.78 is 13.1. The molecule has 5 heteroatoms. The molecule has 2 N–H and O–H groups in total. The number of nitriles is 1. The van der Waals surface area contributed by atoms with Crippen LogP contribution in [-0.2, 0) is 11.3 Å². The highest BCUT2D eigenvalue weighted by Gasteiger charge is 2.11. The Morgan fingerprint density at radius 2 is 2.00 bits per heavy atom. The van der Waals surface area contributed by atoms with Crippen LogP contribution in [0.1, 0.15) is 16.7 Å². The van der Waals surface area contributed by atoms with Crippen LogP contribution in [0.25, 0.3) is 0 Å². The molecule has 0 aromatic heterocycles. The van der Waals surface area contributed by atoms with Gasteiger partial charge < -0.3 is 10.6 Å². The van der Waals surface area contributed by atoms with E-state index in [2.05, 4.69) is 10.6 Å². The first-order chi connectivity index (χ1) is 11.5. The molecular formula is C19H18FN3O. The first-order valence-electron chi connectivity index (χ1n) is 7.47.